The average Bonchev–Trinajstić information content (AvgIpc) is 2.77. The molecule has 6 heteroatoms. The highest BCUT2D eigenvalue weighted by atomic mass is 32.2. The fraction of sp³-hybridized carbons (Fsp3) is 0.438. The van der Waals surface area contributed by atoms with E-state index in [1.54, 1.807) is 24.3 Å². The predicted octanol–water partition coefficient (Wildman–Crippen LogP) is 1.83. The fourth-order valence-electron chi connectivity index (χ4n) is 2.89. The van der Waals surface area contributed by atoms with Crippen LogP contribution in [0.2, 0.25) is 0 Å². The normalized spacial score (nSPS) is 16.6. The van der Waals surface area contributed by atoms with E-state index < -0.39 is 9.84 Å². The summed E-state index contributed by atoms with van der Waals surface area (Å²) in [5.74, 6) is 0.168. The van der Waals surface area contributed by atoms with Crippen molar-refractivity contribution in [3.63, 3.8) is 0 Å². The molecule has 22 heavy (non-hydrogen) atoms. The molecule has 0 spiro atoms. The lowest BCUT2D eigenvalue weighted by Gasteiger charge is -2.39. The first-order chi connectivity index (χ1) is 10.5. The van der Waals surface area contributed by atoms with Gasteiger partial charge in [0.15, 0.2) is 9.84 Å². The van der Waals surface area contributed by atoms with Crippen molar-refractivity contribution in [2.24, 2.45) is 0 Å². The minimum absolute atomic E-state index is 0.168. The number of aromatic nitrogens is 2. The molecule has 1 saturated heterocycles. The maximum Gasteiger partial charge on any atom is 0.179 e. The molecule has 3 rings (SSSR count). The molecule has 0 N–H and O–H groups in total. The summed E-state index contributed by atoms with van der Waals surface area (Å²) < 4.78 is 26.5. The number of likely N-dealkylation sites (tertiary alicyclic amines) is 1. The zero-order chi connectivity index (χ0) is 15.7. The second kappa shape index (κ2) is 5.85. The lowest BCUT2D eigenvalue weighted by molar-refractivity contribution is 0.104. The number of benzene rings is 1. The van der Waals surface area contributed by atoms with E-state index in [0.717, 1.165) is 18.8 Å². The van der Waals surface area contributed by atoms with Gasteiger partial charge in [0.05, 0.1) is 22.4 Å². The Kier molecular flexibility index (Phi) is 4.06. The van der Waals surface area contributed by atoms with Crippen LogP contribution in [0.3, 0.4) is 0 Å². The molecule has 0 radical (unpaired) electrons. The highest BCUT2D eigenvalue weighted by molar-refractivity contribution is 7.91. The zero-order valence-electron chi connectivity index (χ0n) is 12.9. The summed E-state index contributed by atoms with van der Waals surface area (Å²) in [4.78, 5) is 2.58. The molecule has 0 atom stereocenters. The summed E-state index contributed by atoms with van der Waals surface area (Å²) in [6, 6.07) is 11.1. The van der Waals surface area contributed by atoms with E-state index >= 15 is 0 Å². The number of rotatable bonds is 5. The third-order valence-corrected chi connectivity index (χ3v) is 5.82. The first kappa shape index (κ1) is 15.2. The van der Waals surface area contributed by atoms with E-state index in [0.29, 0.717) is 17.5 Å². The van der Waals surface area contributed by atoms with Crippen LogP contribution in [-0.4, -0.2) is 48.5 Å². The Labute approximate surface area is 131 Å². The van der Waals surface area contributed by atoms with Gasteiger partial charge in [-0.25, -0.2) is 8.42 Å². The molecule has 2 heterocycles. The minimum Gasteiger partial charge on any atom is -0.298 e. The van der Waals surface area contributed by atoms with E-state index in [1.807, 2.05) is 13.0 Å². The van der Waals surface area contributed by atoms with Gasteiger partial charge in [-0.15, -0.1) is 0 Å². The van der Waals surface area contributed by atoms with Crippen molar-refractivity contribution in [3.8, 4) is 0 Å². The third-order valence-electron chi connectivity index (χ3n) is 4.11. The first-order valence-corrected chi connectivity index (χ1v) is 9.14. The second-order valence-electron chi connectivity index (χ2n) is 5.92. The summed E-state index contributed by atoms with van der Waals surface area (Å²) in [5, 5.41) is 4.49. The molecule has 0 amide bonds. The van der Waals surface area contributed by atoms with Crippen molar-refractivity contribution in [3.05, 3.63) is 47.8 Å². The van der Waals surface area contributed by atoms with Gasteiger partial charge in [0.1, 0.15) is 0 Å². The molecule has 0 bridgehead atoms. The number of hydrogen-bond acceptors (Lipinski definition) is 4. The van der Waals surface area contributed by atoms with Crippen molar-refractivity contribution in [1.29, 1.82) is 0 Å². The van der Waals surface area contributed by atoms with Gasteiger partial charge in [-0.3, -0.25) is 9.58 Å². The molecule has 0 aliphatic carbocycles. The molecule has 1 fully saturated rings. The maximum absolute atomic E-state index is 12.2. The van der Waals surface area contributed by atoms with Crippen molar-refractivity contribution in [2.45, 2.75) is 24.8 Å². The quantitative estimate of drug-likeness (QED) is 0.844. The molecule has 0 unspecified atom stereocenters. The number of hydrogen-bond donors (Lipinski definition) is 0. The van der Waals surface area contributed by atoms with Crippen LogP contribution in [0.15, 0.2) is 41.3 Å². The third kappa shape index (κ3) is 3.08. The fourth-order valence-corrected chi connectivity index (χ4v) is 4.20. The Morgan fingerprint density at radius 2 is 1.86 bits per heavy atom. The van der Waals surface area contributed by atoms with Gasteiger partial charge in [0, 0.05) is 25.3 Å². The van der Waals surface area contributed by atoms with Crippen LogP contribution in [0.25, 0.3) is 0 Å². The van der Waals surface area contributed by atoms with E-state index in [4.69, 9.17) is 0 Å². The largest absolute Gasteiger partial charge is 0.298 e. The molecule has 0 saturated carbocycles. The maximum atomic E-state index is 12.2. The van der Waals surface area contributed by atoms with Crippen LogP contribution in [-0.2, 0) is 9.84 Å². The predicted molar refractivity (Wildman–Crippen MR) is 85.7 cm³/mol. The van der Waals surface area contributed by atoms with Crippen molar-refractivity contribution >= 4 is 9.84 Å². The summed E-state index contributed by atoms with van der Waals surface area (Å²) in [5.41, 5.74) is 2.20. The average molecular weight is 319 g/mol. The molecule has 1 aromatic carbocycles. The summed E-state index contributed by atoms with van der Waals surface area (Å²) in [7, 11) is -3.18. The molecule has 1 aliphatic rings. The van der Waals surface area contributed by atoms with Gasteiger partial charge in [-0.05, 0) is 32.0 Å². The minimum atomic E-state index is -3.18. The van der Waals surface area contributed by atoms with Crippen LogP contribution >= 0.6 is 0 Å². The molecule has 118 valence electrons. The molecule has 1 aromatic heterocycles. The standard InChI is InChI=1S/C16H21N3O2S/c1-13-10-14(2)19(17-13)15-11-18(12-15)8-9-22(20,21)16-6-4-3-5-7-16/h3-7,10,15H,8-9,11-12H2,1-2H3. The highest BCUT2D eigenvalue weighted by Gasteiger charge is 2.30. The highest BCUT2D eigenvalue weighted by Crippen LogP contribution is 2.23. The van der Waals surface area contributed by atoms with Crippen molar-refractivity contribution < 1.29 is 8.42 Å². The van der Waals surface area contributed by atoms with Crippen molar-refractivity contribution in [2.75, 3.05) is 25.4 Å². The lowest BCUT2D eigenvalue weighted by atomic mass is 10.1. The summed E-state index contributed by atoms with van der Waals surface area (Å²) >= 11 is 0. The Hall–Kier alpha value is -1.66. The van der Waals surface area contributed by atoms with E-state index in [-0.39, 0.29) is 5.75 Å². The van der Waals surface area contributed by atoms with Gasteiger partial charge in [0.2, 0.25) is 0 Å². The van der Waals surface area contributed by atoms with Gasteiger partial charge in [-0.2, -0.15) is 5.10 Å². The van der Waals surface area contributed by atoms with Crippen LogP contribution in [0, 0.1) is 13.8 Å². The van der Waals surface area contributed by atoms with Crippen LogP contribution in [0.1, 0.15) is 17.4 Å². The van der Waals surface area contributed by atoms with E-state index in [2.05, 4.69) is 27.7 Å². The van der Waals surface area contributed by atoms with Crippen molar-refractivity contribution in [1.82, 2.24) is 14.7 Å². The van der Waals surface area contributed by atoms with E-state index in [1.165, 1.54) is 5.69 Å². The SMILES string of the molecule is Cc1cc(C)n(C2CN(CCS(=O)(=O)c3ccccc3)C2)n1. The van der Waals surface area contributed by atoms with Gasteiger partial charge >= 0.3 is 0 Å². The van der Waals surface area contributed by atoms with Gasteiger partial charge in [0.25, 0.3) is 0 Å². The molecular formula is C16H21N3O2S. The molecule has 2 aromatic rings. The Morgan fingerprint density at radius 1 is 1.18 bits per heavy atom. The van der Waals surface area contributed by atoms with Crippen LogP contribution in [0.4, 0.5) is 0 Å². The Morgan fingerprint density at radius 3 is 2.45 bits per heavy atom. The zero-order valence-corrected chi connectivity index (χ0v) is 13.8. The Bertz CT molecular complexity index is 747. The lowest BCUT2D eigenvalue weighted by Crippen LogP contribution is -2.49. The van der Waals surface area contributed by atoms with E-state index in [9.17, 15) is 8.42 Å². The molecule has 1 aliphatic heterocycles. The molecular weight excluding hydrogens is 298 g/mol. The molecule has 5 nitrogen and oxygen atoms in total. The number of nitrogens with zero attached hydrogens (tertiary/aromatic N) is 3. The smallest absolute Gasteiger partial charge is 0.179 e. The van der Waals surface area contributed by atoms with Gasteiger partial charge in [-0.1, -0.05) is 18.2 Å². The van der Waals surface area contributed by atoms with Crippen LogP contribution < -0.4 is 0 Å². The van der Waals surface area contributed by atoms with Gasteiger partial charge < -0.3 is 0 Å². The second-order valence-corrected chi connectivity index (χ2v) is 8.03. The summed E-state index contributed by atoms with van der Waals surface area (Å²) in [6.07, 6.45) is 0. The topological polar surface area (TPSA) is 55.2 Å². The summed E-state index contributed by atoms with van der Waals surface area (Å²) in [6.45, 7) is 6.36. The Balaban J connectivity index is 1.54. The first-order valence-electron chi connectivity index (χ1n) is 7.48. The number of aryl methyl sites for hydroxylation is 2. The monoisotopic (exact) mass is 319 g/mol. The number of sulfone groups is 1. The van der Waals surface area contributed by atoms with Crippen LogP contribution in [0.5, 0.6) is 0 Å².